The van der Waals surface area contributed by atoms with Crippen molar-refractivity contribution in [2.45, 2.75) is 116 Å². The van der Waals surface area contributed by atoms with Gasteiger partial charge in [0.05, 0.1) is 26.7 Å². The second-order valence-electron chi connectivity index (χ2n) is 9.14. The molecule has 32 heavy (non-hydrogen) atoms. The third kappa shape index (κ3) is 16.6. The Balaban J connectivity index is 3.96. The van der Waals surface area contributed by atoms with Crippen LogP contribution in [0.4, 0.5) is 0 Å². The van der Waals surface area contributed by atoms with Crippen molar-refractivity contribution in [3.8, 4) is 0 Å². The molecule has 0 radical (unpaired) electrons. The van der Waals surface area contributed by atoms with Crippen LogP contribution in [0.25, 0.3) is 0 Å². The fourth-order valence-electron chi connectivity index (χ4n) is 4.08. The normalized spacial score (nSPS) is 10.9. The van der Waals surface area contributed by atoms with Crippen LogP contribution in [0.3, 0.4) is 0 Å². The van der Waals surface area contributed by atoms with E-state index < -0.39 is 11.9 Å². The van der Waals surface area contributed by atoms with Gasteiger partial charge >= 0.3 is 11.9 Å². The molecule has 0 heterocycles. The second-order valence-corrected chi connectivity index (χ2v) is 11.4. The third-order valence-corrected chi connectivity index (χ3v) is 6.85. The molecule has 0 unspecified atom stereocenters. The lowest BCUT2D eigenvalue weighted by Crippen LogP contribution is -2.21. The van der Waals surface area contributed by atoms with Crippen LogP contribution >= 0.6 is 0 Å². The standard InChI is InChI=1S/C27H51O4S/c1-6-7-8-9-10-11-12-13-14-15-16-17-18-19-20-21-22-24(23-32(4)5)25(26(28)30-2)27(29)31-3/h6-23H2,1-5H3/q+1. The summed E-state index contributed by atoms with van der Waals surface area (Å²) in [6.07, 6.45) is 26.4. The summed E-state index contributed by atoms with van der Waals surface area (Å²) in [5.74, 6) is -0.402. The van der Waals surface area contributed by atoms with Gasteiger partial charge in [0.2, 0.25) is 0 Å². The predicted molar refractivity (Wildman–Crippen MR) is 139 cm³/mol. The molecule has 5 heteroatoms. The van der Waals surface area contributed by atoms with Crippen LogP contribution in [-0.2, 0) is 30.0 Å². The summed E-state index contributed by atoms with van der Waals surface area (Å²) in [5.41, 5.74) is 1.000. The van der Waals surface area contributed by atoms with Crippen LogP contribution < -0.4 is 0 Å². The number of rotatable bonds is 21. The molecule has 0 saturated heterocycles. The van der Waals surface area contributed by atoms with Gasteiger partial charge < -0.3 is 9.47 Å². The van der Waals surface area contributed by atoms with Gasteiger partial charge in [0.15, 0.2) is 0 Å². The number of carbonyl (C=O) groups excluding carboxylic acids is 2. The average Bonchev–Trinajstić information content (AvgIpc) is 2.77. The zero-order valence-electron chi connectivity index (χ0n) is 21.8. The SMILES string of the molecule is CCCCCCCCCCCCCCCCCCC(C[S+](C)C)=C(C(=O)OC)C(=O)OC. The quantitative estimate of drug-likeness (QED) is 0.0445. The van der Waals surface area contributed by atoms with Crippen LogP contribution in [0.2, 0.25) is 0 Å². The minimum Gasteiger partial charge on any atom is -0.465 e. The Morgan fingerprint density at radius 2 is 0.938 bits per heavy atom. The first-order valence-electron chi connectivity index (χ1n) is 12.9. The maximum Gasteiger partial charge on any atom is 0.345 e. The number of hydrogen-bond acceptors (Lipinski definition) is 4. The lowest BCUT2D eigenvalue weighted by atomic mass is 10.0. The van der Waals surface area contributed by atoms with Crippen LogP contribution in [-0.4, -0.2) is 44.4 Å². The summed E-state index contributed by atoms with van der Waals surface area (Å²) in [6, 6.07) is 0. The summed E-state index contributed by atoms with van der Waals surface area (Å²) in [7, 11) is 2.73. The fourth-order valence-corrected chi connectivity index (χ4v) is 5.07. The molecule has 0 spiro atoms. The highest BCUT2D eigenvalue weighted by Crippen LogP contribution is 2.20. The molecule has 0 rings (SSSR count). The highest BCUT2D eigenvalue weighted by Gasteiger charge is 2.27. The number of methoxy groups -OCH3 is 2. The molecule has 0 saturated carbocycles. The van der Waals surface area contributed by atoms with E-state index in [9.17, 15) is 9.59 Å². The Labute approximate surface area is 201 Å². The smallest absolute Gasteiger partial charge is 0.345 e. The van der Waals surface area contributed by atoms with E-state index in [1.54, 1.807) is 0 Å². The van der Waals surface area contributed by atoms with Crippen molar-refractivity contribution in [1.29, 1.82) is 0 Å². The minimum atomic E-state index is -0.575. The van der Waals surface area contributed by atoms with Gasteiger partial charge in [-0.2, -0.15) is 0 Å². The van der Waals surface area contributed by atoms with Gasteiger partial charge in [0.25, 0.3) is 0 Å². The highest BCUT2D eigenvalue weighted by atomic mass is 32.2. The van der Waals surface area contributed by atoms with E-state index in [-0.39, 0.29) is 16.5 Å². The van der Waals surface area contributed by atoms with Crippen molar-refractivity contribution in [1.82, 2.24) is 0 Å². The maximum absolute atomic E-state index is 12.1. The summed E-state index contributed by atoms with van der Waals surface area (Å²) < 4.78 is 9.67. The van der Waals surface area contributed by atoms with Crippen LogP contribution in [0.5, 0.6) is 0 Å². The highest BCUT2D eigenvalue weighted by molar-refractivity contribution is 7.95. The molecule has 0 amide bonds. The van der Waals surface area contributed by atoms with Crippen molar-refractivity contribution in [2.75, 3.05) is 32.5 Å². The van der Waals surface area contributed by atoms with Gasteiger partial charge in [-0.1, -0.05) is 103 Å². The minimum absolute atomic E-state index is 0.105. The Kier molecular flexibility index (Phi) is 21.2. The Bertz CT molecular complexity index is 496. The predicted octanol–water partition coefficient (Wildman–Crippen LogP) is 7.16. The summed E-state index contributed by atoms with van der Waals surface area (Å²) >= 11 is 0. The Morgan fingerprint density at radius 1 is 0.594 bits per heavy atom. The lowest BCUT2D eigenvalue weighted by molar-refractivity contribution is -0.144. The van der Waals surface area contributed by atoms with Gasteiger partial charge in [-0.3, -0.25) is 0 Å². The zero-order valence-corrected chi connectivity index (χ0v) is 22.6. The van der Waals surface area contributed by atoms with Crippen LogP contribution in [0, 0.1) is 0 Å². The summed E-state index contributed by atoms with van der Waals surface area (Å²) in [4.78, 5) is 24.3. The molecule has 4 nitrogen and oxygen atoms in total. The molecule has 0 fully saturated rings. The molecule has 0 aromatic heterocycles. The van der Waals surface area contributed by atoms with Crippen molar-refractivity contribution in [2.24, 2.45) is 0 Å². The number of esters is 2. The lowest BCUT2D eigenvalue weighted by Gasteiger charge is -2.11. The van der Waals surface area contributed by atoms with E-state index in [4.69, 9.17) is 9.47 Å². The molecule has 0 aromatic rings. The Hall–Kier alpha value is -0.970. The molecule has 0 aliphatic carbocycles. The second kappa shape index (κ2) is 21.9. The number of ether oxygens (including phenoxy) is 2. The molecular weight excluding hydrogens is 420 g/mol. The molecule has 0 aliphatic heterocycles. The topological polar surface area (TPSA) is 52.6 Å². The van der Waals surface area contributed by atoms with E-state index in [2.05, 4.69) is 19.4 Å². The van der Waals surface area contributed by atoms with Crippen molar-refractivity contribution in [3.63, 3.8) is 0 Å². The molecule has 0 atom stereocenters. The molecule has 188 valence electrons. The summed E-state index contributed by atoms with van der Waals surface area (Å²) in [5, 5.41) is 0. The Morgan fingerprint density at radius 3 is 1.25 bits per heavy atom. The molecule has 0 aromatic carbocycles. The van der Waals surface area contributed by atoms with Gasteiger partial charge in [0.1, 0.15) is 11.3 Å². The van der Waals surface area contributed by atoms with E-state index in [0.717, 1.165) is 30.6 Å². The van der Waals surface area contributed by atoms with Crippen LogP contribution in [0.1, 0.15) is 116 Å². The van der Waals surface area contributed by atoms with Crippen molar-refractivity contribution < 1.29 is 19.1 Å². The monoisotopic (exact) mass is 471 g/mol. The van der Waals surface area contributed by atoms with E-state index in [0.29, 0.717) is 0 Å². The first kappa shape index (κ1) is 31.0. The van der Waals surface area contributed by atoms with Crippen LogP contribution in [0.15, 0.2) is 11.1 Å². The first-order chi connectivity index (χ1) is 15.5. The van der Waals surface area contributed by atoms with Gasteiger partial charge in [-0.05, 0) is 23.7 Å². The van der Waals surface area contributed by atoms with Gasteiger partial charge in [-0.15, -0.1) is 0 Å². The first-order valence-corrected chi connectivity index (χ1v) is 15.1. The number of hydrogen-bond donors (Lipinski definition) is 0. The number of unbranched alkanes of at least 4 members (excludes halogenated alkanes) is 15. The largest absolute Gasteiger partial charge is 0.465 e. The molecule has 0 N–H and O–H groups in total. The van der Waals surface area contributed by atoms with E-state index in [1.807, 2.05) is 0 Å². The third-order valence-electron chi connectivity index (χ3n) is 5.93. The maximum atomic E-state index is 12.1. The van der Waals surface area contributed by atoms with Gasteiger partial charge in [0, 0.05) is 5.57 Å². The van der Waals surface area contributed by atoms with Gasteiger partial charge in [-0.25, -0.2) is 9.59 Å². The molecule has 0 aliphatic rings. The van der Waals surface area contributed by atoms with E-state index >= 15 is 0 Å². The fraction of sp³-hybridized carbons (Fsp3) is 0.852. The average molecular weight is 472 g/mol. The van der Waals surface area contributed by atoms with E-state index in [1.165, 1.54) is 104 Å². The molecule has 0 bridgehead atoms. The number of carbonyl (C=O) groups is 2. The zero-order chi connectivity index (χ0) is 24.0. The van der Waals surface area contributed by atoms with Crippen molar-refractivity contribution in [3.05, 3.63) is 11.1 Å². The molecular formula is C27H51O4S+. The van der Waals surface area contributed by atoms with Crippen molar-refractivity contribution >= 4 is 22.8 Å². The summed E-state index contributed by atoms with van der Waals surface area (Å²) in [6.45, 7) is 2.27.